The fourth-order valence-electron chi connectivity index (χ4n) is 2.66. The summed E-state index contributed by atoms with van der Waals surface area (Å²) in [6.07, 6.45) is 4.71. The summed E-state index contributed by atoms with van der Waals surface area (Å²) in [6, 6.07) is 12.4. The van der Waals surface area contributed by atoms with Crippen LogP contribution in [0.3, 0.4) is 0 Å². The average Bonchev–Trinajstić information content (AvgIpc) is 3.15. The van der Waals surface area contributed by atoms with E-state index in [2.05, 4.69) is 4.98 Å². The maximum atomic E-state index is 12.5. The average molecular weight is 405 g/mol. The molecule has 5 nitrogen and oxygen atoms in total. The van der Waals surface area contributed by atoms with Crippen molar-refractivity contribution in [3.63, 3.8) is 0 Å². The normalized spacial score (nSPS) is 11.8. The van der Waals surface area contributed by atoms with E-state index in [0.717, 1.165) is 11.3 Å². The second-order valence-electron chi connectivity index (χ2n) is 5.93. The van der Waals surface area contributed by atoms with Crippen LogP contribution in [0.25, 0.3) is 0 Å². The number of esters is 1. The number of benzene rings is 2. The molecule has 0 fully saturated rings. The SMILES string of the molecule is COc1ccc(CC(=O)OC(Cn2ccnc2)c2ccc(Cl)cc2Cl)cc1. The van der Waals surface area contributed by atoms with Crippen LogP contribution in [0, 0.1) is 0 Å². The number of nitrogens with zero attached hydrogens (tertiary/aromatic N) is 2. The summed E-state index contributed by atoms with van der Waals surface area (Å²) < 4.78 is 12.7. The predicted octanol–water partition coefficient (Wildman–Crippen LogP) is 4.73. The molecule has 0 saturated heterocycles. The lowest BCUT2D eigenvalue weighted by atomic mass is 10.1. The van der Waals surface area contributed by atoms with Crippen LogP contribution >= 0.6 is 23.2 Å². The largest absolute Gasteiger partial charge is 0.497 e. The Labute approximate surface area is 167 Å². The molecule has 0 saturated carbocycles. The predicted molar refractivity (Wildman–Crippen MR) is 104 cm³/mol. The smallest absolute Gasteiger partial charge is 0.310 e. The Bertz CT molecular complexity index is 896. The highest BCUT2D eigenvalue weighted by atomic mass is 35.5. The van der Waals surface area contributed by atoms with Crippen LogP contribution in [0.1, 0.15) is 17.2 Å². The van der Waals surface area contributed by atoms with Gasteiger partial charge in [-0.2, -0.15) is 0 Å². The molecule has 0 N–H and O–H groups in total. The third kappa shape index (κ3) is 5.25. The molecule has 0 aliphatic rings. The number of hydrogen-bond donors (Lipinski definition) is 0. The lowest BCUT2D eigenvalue weighted by Crippen LogP contribution is -2.18. The lowest BCUT2D eigenvalue weighted by Gasteiger charge is -2.20. The highest BCUT2D eigenvalue weighted by molar-refractivity contribution is 6.35. The maximum Gasteiger partial charge on any atom is 0.310 e. The molecule has 0 bridgehead atoms. The number of hydrogen-bond acceptors (Lipinski definition) is 4. The molecule has 3 aromatic rings. The first-order valence-corrected chi connectivity index (χ1v) is 9.04. The van der Waals surface area contributed by atoms with Crippen LogP contribution in [0.15, 0.2) is 61.2 Å². The Balaban J connectivity index is 1.76. The van der Waals surface area contributed by atoms with Crippen molar-refractivity contribution in [2.24, 2.45) is 0 Å². The Kier molecular flexibility index (Phi) is 6.37. The summed E-state index contributed by atoms with van der Waals surface area (Å²) >= 11 is 12.3. The van der Waals surface area contributed by atoms with Gasteiger partial charge in [0.2, 0.25) is 0 Å². The van der Waals surface area contributed by atoms with Crippen LogP contribution in [0.4, 0.5) is 0 Å². The second-order valence-corrected chi connectivity index (χ2v) is 6.77. The van der Waals surface area contributed by atoms with E-state index < -0.39 is 6.10 Å². The number of ether oxygens (including phenoxy) is 2. The van der Waals surface area contributed by atoms with Crippen molar-refractivity contribution in [3.8, 4) is 5.75 Å². The third-order valence-electron chi connectivity index (χ3n) is 4.03. The van der Waals surface area contributed by atoms with Gasteiger partial charge in [-0.05, 0) is 29.8 Å². The number of aromatic nitrogens is 2. The first kappa shape index (κ1) is 19.3. The van der Waals surface area contributed by atoms with Crippen LogP contribution in [-0.2, 0) is 22.5 Å². The molecular weight excluding hydrogens is 387 g/mol. The van der Waals surface area contributed by atoms with Crippen LogP contribution in [0.2, 0.25) is 10.0 Å². The van der Waals surface area contributed by atoms with Gasteiger partial charge in [-0.15, -0.1) is 0 Å². The zero-order valence-corrected chi connectivity index (χ0v) is 16.2. The number of rotatable bonds is 7. The van der Waals surface area contributed by atoms with Gasteiger partial charge in [-0.1, -0.05) is 41.4 Å². The summed E-state index contributed by atoms with van der Waals surface area (Å²) in [5.41, 5.74) is 1.53. The Morgan fingerprint density at radius 3 is 2.59 bits per heavy atom. The van der Waals surface area contributed by atoms with Gasteiger partial charge in [-0.3, -0.25) is 4.79 Å². The van der Waals surface area contributed by atoms with Gasteiger partial charge in [0.25, 0.3) is 0 Å². The van der Waals surface area contributed by atoms with Crippen molar-refractivity contribution in [2.45, 2.75) is 19.1 Å². The molecule has 1 atom stereocenters. The van der Waals surface area contributed by atoms with Crippen molar-refractivity contribution in [3.05, 3.63) is 82.4 Å². The van der Waals surface area contributed by atoms with E-state index >= 15 is 0 Å². The van der Waals surface area contributed by atoms with Crippen LogP contribution in [-0.4, -0.2) is 22.6 Å². The molecule has 0 amide bonds. The molecule has 140 valence electrons. The molecule has 0 aliphatic carbocycles. The maximum absolute atomic E-state index is 12.5. The van der Waals surface area contributed by atoms with Crippen molar-refractivity contribution in [1.29, 1.82) is 0 Å². The van der Waals surface area contributed by atoms with Gasteiger partial charge in [0.15, 0.2) is 0 Å². The minimum atomic E-state index is -0.560. The first-order valence-electron chi connectivity index (χ1n) is 8.28. The van der Waals surface area contributed by atoms with Crippen molar-refractivity contribution in [2.75, 3.05) is 7.11 Å². The number of carbonyl (C=O) groups excluding carboxylic acids is 1. The summed E-state index contributed by atoms with van der Waals surface area (Å²) in [6.45, 7) is 0.399. The van der Waals surface area contributed by atoms with Crippen LogP contribution < -0.4 is 4.74 Å². The molecule has 1 unspecified atom stereocenters. The van der Waals surface area contributed by atoms with Crippen molar-refractivity contribution in [1.82, 2.24) is 9.55 Å². The molecule has 0 aliphatic heterocycles. The van der Waals surface area contributed by atoms with Gasteiger partial charge >= 0.3 is 5.97 Å². The highest BCUT2D eigenvalue weighted by Crippen LogP contribution is 2.30. The number of methoxy groups -OCH3 is 1. The molecule has 1 aromatic heterocycles. The monoisotopic (exact) mass is 404 g/mol. The first-order chi connectivity index (χ1) is 13.0. The van der Waals surface area contributed by atoms with E-state index in [0.29, 0.717) is 22.2 Å². The summed E-state index contributed by atoms with van der Waals surface area (Å²) in [7, 11) is 1.60. The van der Waals surface area contributed by atoms with E-state index in [4.69, 9.17) is 32.7 Å². The quantitative estimate of drug-likeness (QED) is 0.534. The van der Waals surface area contributed by atoms with E-state index in [9.17, 15) is 4.79 Å². The van der Waals surface area contributed by atoms with Gasteiger partial charge < -0.3 is 14.0 Å². The minimum absolute atomic E-state index is 0.148. The molecule has 2 aromatic carbocycles. The summed E-state index contributed by atoms with van der Waals surface area (Å²) in [4.78, 5) is 16.5. The Morgan fingerprint density at radius 2 is 1.96 bits per heavy atom. The van der Waals surface area contributed by atoms with Crippen LogP contribution in [0.5, 0.6) is 5.75 Å². The van der Waals surface area contributed by atoms with E-state index in [1.807, 2.05) is 28.8 Å². The van der Waals surface area contributed by atoms with Crippen molar-refractivity contribution < 1.29 is 14.3 Å². The second kappa shape index (κ2) is 8.93. The van der Waals surface area contributed by atoms with Crippen molar-refractivity contribution >= 4 is 29.2 Å². The van der Waals surface area contributed by atoms with E-state index in [1.165, 1.54) is 0 Å². The molecule has 0 spiro atoms. The third-order valence-corrected chi connectivity index (χ3v) is 4.59. The molecule has 1 heterocycles. The summed E-state index contributed by atoms with van der Waals surface area (Å²) in [5, 5.41) is 0.972. The fourth-order valence-corrected chi connectivity index (χ4v) is 3.19. The molecule has 27 heavy (non-hydrogen) atoms. The number of imidazole rings is 1. The summed E-state index contributed by atoms with van der Waals surface area (Å²) in [5.74, 6) is 0.384. The van der Waals surface area contributed by atoms with Gasteiger partial charge in [0.1, 0.15) is 11.9 Å². The molecular formula is C20H18Cl2N2O3. The minimum Gasteiger partial charge on any atom is -0.497 e. The molecule has 3 rings (SSSR count). The molecule has 7 heteroatoms. The lowest BCUT2D eigenvalue weighted by molar-refractivity contribution is -0.149. The topological polar surface area (TPSA) is 53.4 Å². The van der Waals surface area contributed by atoms with E-state index in [1.54, 1.807) is 44.0 Å². The molecule has 0 radical (unpaired) electrons. The van der Waals surface area contributed by atoms with Gasteiger partial charge in [0.05, 0.1) is 26.4 Å². The number of halogens is 2. The fraction of sp³-hybridized carbons (Fsp3) is 0.200. The zero-order chi connectivity index (χ0) is 19.2. The Hall–Kier alpha value is -2.50. The number of carbonyl (C=O) groups is 1. The highest BCUT2D eigenvalue weighted by Gasteiger charge is 2.20. The van der Waals surface area contributed by atoms with E-state index in [-0.39, 0.29) is 12.4 Å². The van der Waals surface area contributed by atoms with Gasteiger partial charge in [0, 0.05) is 28.0 Å². The Morgan fingerprint density at radius 1 is 1.19 bits per heavy atom. The zero-order valence-electron chi connectivity index (χ0n) is 14.6. The van der Waals surface area contributed by atoms with Gasteiger partial charge in [-0.25, -0.2) is 4.98 Å². The standard InChI is InChI=1S/C20H18Cl2N2O3/c1-26-16-5-2-14(3-6-16)10-20(25)27-19(12-24-9-8-23-13-24)17-7-4-15(21)11-18(17)22/h2-9,11,13,19H,10,12H2,1H3.